The first kappa shape index (κ1) is 12.4. The van der Waals surface area contributed by atoms with E-state index in [4.69, 9.17) is 14.6 Å². The Morgan fingerprint density at radius 2 is 2.38 bits per heavy atom. The van der Waals surface area contributed by atoms with Crippen LogP contribution in [0.5, 0.6) is 5.75 Å². The zero-order valence-corrected chi connectivity index (χ0v) is 9.34. The Morgan fingerprint density at radius 1 is 1.62 bits per heavy atom. The Labute approximate surface area is 94.0 Å². The van der Waals surface area contributed by atoms with Gasteiger partial charge in [-0.25, -0.2) is 4.79 Å². The molecule has 0 saturated carbocycles. The predicted molar refractivity (Wildman–Crippen MR) is 57.8 cm³/mol. The topological polar surface area (TPSA) is 68.7 Å². The highest BCUT2D eigenvalue weighted by molar-refractivity contribution is 5.90. The second-order valence-electron chi connectivity index (χ2n) is 3.26. The lowest BCUT2D eigenvalue weighted by Gasteiger charge is -2.15. The van der Waals surface area contributed by atoms with Crippen LogP contribution in [0.4, 0.5) is 0 Å². The molecular formula is C11H15NO4. The Bertz CT molecular complexity index is 354. The maximum atomic E-state index is 10.9. The van der Waals surface area contributed by atoms with Crippen LogP contribution in [0.3, 0.4) is 0 Å². The van der Waals surface area contributed by atoms with E-state index in [0.29, 0.717) is 13.2 Å². The molecule has 5 heteroatoms. The number of ether oxygens (including phenoxy) is 2. The van der Waals surface area contributed by atoms with Gasteiger partial charge in [0.15, 0.2) is 5.75 Å². The summed E-state index contributed by atoms with van der Waals surface area (Å²) >= 11 is 0. The lowest BCUT2D eigenvalue weighted by molar-refractivity contribution is 0.0605. The van der Waals surface area contributed by atoms with Gasteiger partial charge in [-0.3, -0.25) is 4.98 Å². The van der Waals surface area contributed by atoms with Crippen LogP contribution >= 0.6 is 0 Å². The summed E-state index contributed by atoms with van der Waals surface area (Å²) in [4.78, 5) is 14.7. The number of carbonyl (C=O) groups is 1. The summed E-state index contributed by atoms with van der Waals surface area (Å²) in [6.45, 7) is 4.73. The van der Waals surface area contributed by atoms with Crippen LogP contribution in [-0.2, 0) is 4.74 Å². The van der Waals surface area contributed by atoms with Crippen molar-refractivity contribution in [3.05, 3.63) is 24.0 Å². The second kappa shape index (κ2) is 6.07. The van der Waals surface area contributed by atoms with Crippen molar-refractivity contribution in [3.8, 4) is 5.75 Å². The summed E-state index contributed by atoms with van der Waals surface area (Å²) in [5, 5.41) is 8.92. The van der Waals surface area contributed by atoms with Crippen LogP contribution < -0.4 is 4.74 Å². The molecule has 1 atom stereocenters. The minimum atomic E-state index is -1.03. The van der Waals surface area contributed by atoms with Gasteiger partial charge in [0.25, 0.3) is 0 Å². The van der Waals surface area contributed by atoms with Gasteiger partial charge in [0.1, 0.15) is 11.7 Å². The van der Waals surface area contributed by atoms with Gasteiger partial charge in [-0.2, -0.15) is 0 Å². The summed E-state index contributed by atoms with van der Waals surface area (Å²) in [7, 11) is 0. The molecule has 0 aliphatic rings. The predicted octanol–water partition coefficient (Wildman–Crippen LogP) is 1.58. The fourth-order valence-corrected chi connectivity index (χ4v) is 1.19. The van der Waals surface area contributed by atoms with E-state index >= 15 is 0 Å². The van der Waals surface area contributed by atoms with Gasteiger partial charge in [-0.15, -0.1) is 0 Å². The molecule has 1 rings (SSSR count). The van der Waals surface area contributed by atoms with Gasteiger partial charge in [0.05, 0.1) is 12.8 Å². The third-order valence-corrected chi connectivity index (χ3v) is 1.90. The van der Waals surface area contributed by atoms with Crippen molar-refractivity contribution < 1.29 is 19.4 Å². The van der Waals surface area contributed by atoms with Crippen LogP contribution in [-0.4, -0.2) is 35.4 Å². The molecular weight excluding hydrogens is 210 g/mol. The fourth-order valence-electron chi connectivity index (χ4n) is 1.19. The van der Waals surface area contributed by atoms with Crippen molar-refractivity contribution >= 4 is 5.97 Å². The summed E-state index contributed by atoms with van der Waals surface area (Å²) in [5.41, 5.74) is 0.110. The number of carboxylic acid groups (broad SMARTS) is 1. The Hall–Kier alpha value is -1.62. The van der Waals surface area contributed by atoms with Gasteiger partial charge in [0.2, 0.25) is 0 Å². The monoisotopic (exact) mass is 225 g/mol. The molecule has 0 aromatic carbocycles. The summed E-state index contributed by atoms with van der Waals surface area (Å²) in [5.74, 6) is -0.761. The fraction of sp³-hybridized carbons (Fsp3) is 0.455. The van der Waals surface area contributed by atoms with Crippen molar-refractivity contribution in [3.63, 3.8) is 0 Å². The first-order chi connectivity index (χ1) is 7.65. The maximum absolute atomic E-state index is 10.9. The molecule has 0 amide bonds. The summed E-state index contributed by atoms with van der Waals surface area (Å²) in [6.07, 6.45) is 2.61. The van der Waals surface area contributed by atoms with Crippen LogP contribution in [0, 0.1) is 0 Å². The Kier molecular flexibility index (Phi) is 4.72. The first-order valence-electron chi connectivity index (χ1n) is 5.06. The molecule has 0 aliphatic carbocycles. The molecule has 0 radical (unpaired) electrons. The van der Waals surface area contributed by atoms with Crippen LogP contribution in [0.2, 0.25) is 0 Å². The van der Waals surface area contributed by atoms with E-state index < -0.39 is 5.97 Å². The zero-order valence-electron chi connectivity index (χ0n) is 9.34. The van der Waals surface area contributed by atoms with E-state index in [0.717, 1.165) is 0 Å². The SMILES string of the molecule is CCOCC(C)Oc1cnccc1C(=O)O. The van der Waals surface area contributed by atoms with Crippen LogP contribution in [0.1, 0.15) is 24.2 Å². The van der Waals surface area contributed by atoms with Gasteiger partial charge >= 0.3 is 5.97 Å². The van der Waals surface area contributed by atoms with Crippen molar-refractivity contribution in [1.29, 1.82) is 0 Å². The molecule has 0 aliphatic heterocycles. The molecule has 5 nitrogen and oxygen atoms in total. The average Bonchev–Trinajstić information content (AvgIpc) is 2.27. The number of nitrogens with zero attached hydrogens (tertiary/aromatic N) is 1. The lowest BCUT2D eigenvalue weighted by Crippen LogP contribution is -2.20. The number of hydrogen-bond acceptors (Lipinski definition) is 4. The van der Waals surface area contributed by atoms with Crippen molar-refractivity contribution in [2.75, 3.05) is 13.2 Å². The van der Waals surface area contributed by atoms with Gasteiger partial charge in [-0.1, -0.05) is 0 Å². The number of pyridine rings is 1. The summed E-state index contributed by atoms with van der Waals surface area (Å²) in [6, 6.07) is 1.41. The third kappa shape index (κ3) is 3.51. The normalized spacial score (nSPS) is 12.1. The number of carboxylic acids is 1. The molecule has 0 spiro atoms. The maximum Gasteiger partial charge on any atom is 0.339 e. The zero-order chi connectivity index (χ0) is 12.0. The minimum Gasteiger partial charge on any atom is -0.486 e. The van der Waals surface area contributed by atoms with Crippen LogP contribution in [0.25, 0.3) is 0 Å². The molecule has 1 aromatic heterocycles. The van der Waals surface area contributed by atoms with Crippen LogP contribution in [0.15, 0.2) is 18.5 Å². The van der Waals surface area contributed by atoms with E-state index in [1.807, 2.05) is 13.8 Å². The van der Waals surface area contributed by atoms with E-state index in [1.165, 1.54) is 18.5 Å². The lowest BCUT2D eigenvalue weighted by atomic mass is 10.2. The highest BCUT2D eigenvalue weighted by Gasteiger charge is 2.13. The molecule has 0 fully saturated rings. The van der Waals surface area contributed by atoms with E-state index in [9.17, 15) is 4.79 Å². The molecule has 1 heterocycles. The summed E-state index contributed by atoms with van der Waals surface area (Å²) < 4.78 is 10.6. The Morgan fingerprint density at radius 3 is 3.00 bits per heavy atom. The number of aromatic carboxylic acids is 1. The molecule has 1 aromatic rings. The minimum absolute atomic E-state index is 0.110. The quantitative estimate of drug-likeness (QED) is 0.796. The van der Waals surface area contributed by atoms with E-state index in [1.54, 1.807) is 0 Å². The smallest absolute Gasteiger partial charge is 0.339 e. The molecule has 0 saturated heterocycles. The molecule has 16 heavy (non-hydrogen) atoms. The van der Waals surface area contributed by atoms with Crippen molar-refractivity contribution in [1.82, 2.24) is 4.98 Å². The first-order valence-corrected chi connectivity index (χ1v) is 5.06. The molecule has 1 N–H and O–H groups in total. The third-order valence-electron chi connectivity index (χ3n) is 1.90. The molecule has 1 unspecified atom stereocenters. The standard InChI is InChI=1S/C11H15NO4/c1-3-15-7-8(2)16-10-6-12-5-4-9(10)11(13)14/h4-6,8H,3,7H2,1-2H3,(H,13,14). The molecule has 88 valence electrons. The second-order valence-corrected chi connectivity index (χ2v) is 3.26. The van der Waals surface area contributed by atoms with Crippen molar-refractivity contribution in [2.45, 2.75) is 20.0 Å². The largest absolute Gasteiger partial charge is 0.486 e. The van der Waals surface area contributed by atoms with Gasteiger partial charge in [-0.05, 0) is 19.9 Å². The molecule has 0 bridgehead atoms. The van der Waals surface area contributed by atoms with E-state index in [2.05, 4.69) is 4.98 Å². The Balaban J connectivity index is 2.69. The highest BCUT2D eigenvalue weighted by atomic mass is 16.5. The highest BCUT2D eigenvalue weighted by Crippen LogP contribution is 2.17. The number of rotatable bonds is 6. The average molecular weight is 225 g/mol. The number of aromatic nitrogens is 1. The van der Waals surface area contributed by atoms with Gasteiger partial charge < -0.3 is 14.6 Å². The number of hydrogen-bond donors (Lipinski definition) is 1. The van der Waals surface area contributed by atoms with E-state index in [-0.39, 0.29) is 17.4 Å². The van der Waals surface area contributed by atoms with Gasteiger partial charge in [0, 0.05) is 12.8 Å². The van der Waals surface area contributed by atoms with Crippen molar-refractivity contribution in [2.24, 2.45) is 0 Å².